The number of nitrogens with two attached hydrogens (primary N) is 1. The highest BCUT2D eigenvalue weighted by atomic mass is 32.2. The molecular formula is C21H22N6O6S2. The fourth-order valence-corrected chi connectivity index (χ4v) is 6.22. The molecule has 184 valence electrons. The van der Waals surface area contributed by atoms with E-state index in [1.54, 1.807) is 11.0 Å². The van der Waals surface area contributed by atoms with Crippen molar-refractivity contribution in [3.63, 3.8) is 0 Å². The van der Waals surface area contributed by atoms with E-state index in [4.69, 9.17) is 5.73 Å². The molecular weight excluding hydrogens is 496 g/mol. The Labute approximate surface area is 207 Å². The lowest BCUT2D eigenvalue weighted by molar-refractivity contribution is -0.150. The number of aliphatic carboxylic acids is 1. The Balaban J connectivity index is 1.32. The summed E-state index contributed by atoms with van der Waals surface area (Å²) in [6, 6.07) is -1.01. The van der Waals surface area contributed by atoms with Crippen LogP contribution in [-0.2, 0) is 19.2 Å². The van der Waals surface area contributed by atoms with Crippen LogP contribution in [0.15, 0.2) is 33.5 Å². The molecule has 12 nitrogen and oxygen atoms in total. The van der Waals surface area contributed by atoms with Crippen LogP contribution in [-0.4, -0.2) is 84.8 Å². The maximum atomic E-state index is 12.9. The zero-order valence-electron chi connectivity index (χ0n) is 18.3. The SMILES string of the molecule is Nc1nc(/C(=N/O)C(=O)N[C@@H]2C(=O)N3C(C(=O)O)=C(/C=C4\CCN(CC5CC5)C4=O)CS[C@H]23)cs1. The Hall–Kier alpha value is -3.39. The number of carbonyl (C=O) groups is 4. The summed E-state index contributed by atoms with van der Waals surface area (Å²) in [5.74, 6) is -1.99. The number of rotatable bonds is 7. The van der Waals surface area contributed by atoms with Gasteiger partial charge in [-0.1, -0.05) is 5.16 Å². The van der Waals surface area contributed by atoms with Crippen molar-refractivity contribution < 1.29 is 29.5 Å². The number of thioether (sulfide) groups is 1. The summed E-state index contributed by atoms with van der Waals surface area (Å²) in [5, 5.41) is 25.6. The van der Waals surface area contributed by atoms with E-state index in [9.17, 15) is 29.5 Å². The molecule has 2 atom stereocenters. The average Bonchev–Trinajstić information content (AvgIpc) is 3.46. The number of hydrogen-bond acceptors (Lipinski definition) is 10. The maximum Gasteiger partial charge on any atom is 0.352 e. The van der Waals surface area contributed by atoms with E-state index in [1.165, 1.54) is 17.1 Å². The molecule has 35 heavy (non-hydrogen) atoms. The van der Waals surface area contributed by atoms with E-state index >= 15 is 0 Å². The molecule has 0 spiro atoms. The Morgan fingerprint density at radius 3 is 2.74 bits per heavy atom. The molecule has 0 aromatic carbocycles. The first-order valence-corrected chi connectivity index (χ1v) is 12.9. The average molecular weight is 519 g/mol. The van der Waals surface area contributed by atoms with E-state index < -0.39 is 34.9 Å². The number of thiazole rings is 1. The fourth-order valence-electron chi connectivity index (χ4n) is 4.37. The Kier molecular flexibility index (Phi) is 6.01. The summed E-state index contributed by atoms with van der Waals surface area (Å²) in [6.45, 7) is 1.35. The van der Waals surface area contributed by atoms with Gasteiger partial charge in [-0.15, -0.1) is 23.1 Å². The van der Waals surface area contributed by atoms with Gasteiger partial charge >= 0.3 is 5.97 Å². The van der Waals surface area contributed by atoms with Crippen LogP contribution < -0.4 is 11.1 Å². The summed E-state index contributed by atoms with van der Waals surface area (Å²) in [7, 11) is 0. The molecule has 5 rings (SSSR count). The van der Waals surface area contributed by atoms with Gasteiger partial charge in [0.25, 0.3) is 11.8 Å². The highest BCUT2D eigenvalue weighted by molar-refractivity contribution is 8.00. The van der Waals surface area contributed by atoms with E-state index in [1.807, 2.05) is 0 Å². The van der Waals surface area contributed by atoms with Crippen molar-refractivity contribution in [2.75, 3.05) is 24.6 Å². The van der Waals surface area contributed by atoms with Gasteiger partial charge in [-0.25, -0.2) is 9.78 Å². The zero-order valence-corrected chi connectivity index (χ0v) is 20.0. The zero-order chi connectivity index (χ0) is 24.9. The number of fused-ring (bicyclic) bond motifs is 1. The predicted octanol–water partition coefficient (Wildman–Crippen LogP) is 0.211. The van der Waals surface area contributed by atoms with Crippen LogP contribution in [0.1, 0.15) is 25.0 Å². The molecule has 0 bridgehead atoms. The van der Waals surface area contributed by atoms with Crippen LogP contribution >= 0.6 is 23.1 Å². The van der Waals surface area contributed by atoms with Crippen LogP contribution in [0.3, 0.4) is 0 Å². The van der Waals surface area contributed by atoms with Gasteiger partial charge in [0.05, 0.1) is 0 Å². The molecule has 3 aliphatic heterocycles. The van der Waals surface area contributed by atoms with Crippen molar-refractivity contribution in [2.45, 2.75) is 30.7 Å². The second kappa shape index (κ2) is 9.00. The first kappa shape index (κ1) is 23.4. The summed E-state index contributed by atoms with van der Waals surface area (Å²) >= 11 is 2.34. The van der Waals surface area contributed by atoms with E-state index in [2.05, 4.69) is 15.5 Å². The Bertz CT molecular complexity index is 1220. The molecule has 1 aliphatic carbocycles. The van der Waals surface area contributed by atoms with Crippen molar-refractivity contribution in [3.8, 4) is 0 Å². The van der Waals surface area contributed by atoms with Crippen LogP contribution in [0.4, 0.5) is 5.13 Å². The molecule has 4 aliphatic rings. The highest BCUT2D eigenvalue weighted by Crippen LogP contribution is 2.41. The largest absolute Gasteiger partial charge is 0.477 e. The highest BCUT2D eigenvalue weighted by Gasteiger charge is 2.54. The Morgan fingerprint density at radius 2 is 2.11 bits per heavy atom. The molecule has 1 aromatic rings. The van der Waals surface area contributed by atoms with Gasteiger partial charge in [0, 0.05) is 29.8 Å². The normalized spacial score (nSPS) is 25.7. The third kappa shape index (κ3) is 4.27. The minimum atomic E-state index is -1.28. The molecule has 1 aromatic heterocycles. The van der Waals surface area contributed by atoms with Crippen LogP contribution in [0, 0.1) is 5.92 Å². The molecule has 1 saturated carbocycles. The number of hydrogen-bond donors (Lipinski definition) is 4. The summed E-state index contributed by atoms with van der Waals surface area (Å²) in [6.07, 6.45) is 4.40. The van der Waals surface area contributed by atoms with Gasteiger partial charge in [-0.2, -0.15) is 0 Å². The number of likely N-dealkylation sites (tertiary alicyclic amines) is 1. The van der Waals surface area contributed by atoms with Crippen LogP contribution in [0.2, 0.25) is 0 Å². The number of amides is 3. The molecule has 0 unspecified atom stereocenters. The predicted molar refractivity (Wildman–Crippen MR) is 127 cm³/mol. The van der Waals surface area contributed by atoms with Crippen molar-refractivity contribution in [1.82, 2.24) is 20.1 Å². The molecule has 4 heterocycles. The molecule has 3 fully saturated rings. The number of carboxylic acid groups (broad SMARTS) is 1. The number of anilines is 1. The van der Waals surface area contributed by atoms with E-state index in [0.717, 1.165) is 35.6 Å². The van der Waals surface area contributed by atoms with Crippen molar-refractivity contribution in [3.05, 3.63) is 34.0 Å². The van der Waals surface area contributed by atoms with Gasteiger partial charge in [-0.05, 0) is 36.8 Å². The monoisotopic (exact) mass is 518 g/mol. The molecule has 14 heteroatoms. The lowest BCUT2D eigenvalue weighted by Gasteiger charge is -2.49. The number of nitrogens with one attached hydrogen (secondary N) is 1. The minimum Gasteiger partial charge on any atom is -0.477 e. The van der Waals surface area contributed by atoms with Crippen molar-refractivity contribution >= 4 is 57.6 Å². The summed E-state index contributed by atoms with van der Waals surface area (Å²) < 4.78 is 0. The molecule has 2 saturated heterocycles. The standard InChI is InChI=1S/C21H22N6O6S2/c22-21-23-12(8-35-21)13(25-33)16(28)24-14-18(30)27-15(20(31)32)11(7-34-19(14)27)5-10-3-4-26(17(10)29)6-9-1-2-9/h5,8-9,14,19,33H,1-4,6-7H2,(H2,22,23)(H,24,28)(H,31,32)/b10-5+,25-13-/t14-,19-/m1/s1. The van der Waals surface area contributed by atoms with Gasteiger partial charge in [0.1, 0.15) is 22.8 Å². The lowest BCUT2D eigenvalue weighted by atomic mass is 10.0. The third-order valence-electron chi connectivity index (χ3n) is 6.30. The number of nitrogens with zero attached hydrogens (tertiary/aromatic N) is 4. The van der Waals surface area contributed by atoms with Crippen LogP contribution in [0.5, 0.6) is 0 Å². The van der Waals surface area contributed by atoms with Crippen LogP contribution in [0.25, 0.3) is 0 Å². The van der Waals surface area contributed by atoms with Crippen molar-refractivity contribution in [1.29, 1.82) is 0 Å². The van der Waals surface area contributed by atoms with Crippen molar-refractivity contribution in [2.24, 2.45) is 11.1 Å². The quantitative estimate of drug-likeness (QED) is 0.129. The number of aromatic nitrogens is 1. The minimum absolute atomic E-state index is 0.0596. The van der Waals surface area contributed by atoms with Gasteiger partial charge < -0.3 is 26.3 Å². The summed E-state index contributed by atoms with van der Waals surface area (Å²) in [5.41, 5.74) is 5.97. The van der Waals surface area contributed by atoms with E-state index in [0.29, 0.717) is 30.0 Å². The third-order valence-corrected chi connectivity index (χ3v) is 8.28. The second-order valence-electron chi connectivity index (χ2n) is 8.67. The molecule has 3 amide bonds. The Morgan fingerprint density at radius 1 is 1.34 bits per heavy atom. The number of oxime groups is 1. The first-order valence-electron chi connectivity index (χ1n) is 10.9. The molecule has 5 N–H and O–H groups in total. The maximum absolute atomic E-state index is 12.9. The smallest absolute Gasteiger partial charge is 0.352 e. The topological polar surface area (TPSA) is 179 Å². The number of carbonyl (C=O) groups excluding carboxylic acids is 3. The summed E-state index contributed by atoms with van der Waals surface area (Å²) in [4.78, 5) is 57.2. The number of nitrogen functional groups attached to an aromatic ring is 1. The van der Waals surface area contributed by atoms with Gasteiger partial charge in [0.2, 0.25) is 5.91 Å². The number of carboxylic acids is 1. The lowest BCUT2D eigenvalue weighted by Crippen LogP contribution is -2.71. The number of allylic oxidation sites excluding steroid dienone is 1. The second-order valence-corrected chi connectivity index (χ2v) is 10.7. The fraction of sp³-hybridized carbons (Fsp3) is 0.429. The number of β-lactam (4-membered cyclic amide) rings is 1. The first-order chi connectivity index (χ1) is 16.8. The molecule has 0 radical (unpaired) electrons. The van der Waals surface area contributed by atoms with E-state index in [-0.39, 0.29) is 28.2 Å². The van der Waals surface area contributed by atoms with Gasteiger partial charge in [0.15, 0.2) is 10.8 Å². The van der Waals surface area contributed by atoms with Gasteiger partial charge in [-0.3, -0.25) is 19.3 Å².